The molecule has 0 fully saturated rings. The molecule has 2 nitrogen and oxygen atoms in total. The van der Waals surface area contributed by atoms with E-state index in [2.05, 4.69) is 0 Å². The SMILES string of the molecule is OCCc1c(O)ccc2c1CCCC2. The number of fused-ring (bicyclic) bond motifs is 1. The summed E-state index contributed by atoms with van der Waals surface area (Å²) < 4.78 is 0. The van der Waals surface area contributed by atoms with Crippen LogP contribution in [0.15, 0.2) is 12.1 Å². The van der Waals surface area contributed by atoms with Crippen LogP contribution in [0.1, 0.15) is 29.5 Å². The topological polar surface area (TPSA) is 40.5 Å². The Hall–Kier alpha value is -1.02. The van der Waals surface area contributed by atoms with Crippen LogP contribution < -0.4 is 0 Å². The van der Waals surface area contributed by atoms with Crippen LogP contribution in [0.5, 0.6) is 5.75 Å². The molecule has 0 saturated carbocycles. The Morgan fingerprint density at radius 3 is 2.71 bits per heavy atom. The van der Waals surface area contributed by atoms with Crippen molar-refractivity contribution >= 4 is 0 Å². The molecule has 0 heterocycles. The van der Waals surface area contributed by atoms with Gasteiger partial charge in [0.25, 0.3) is 0 Å². The summed E-state index contributed by atoms with van der Waals surface area (Å²) in [5.41, 5.74) is 3.60. The minimum absolute atomic E-state index is 0.115. The highest BCUT2D eigenvalue weighted by Crippen LogP contribution is 2.30. The van der Waals surface area contributed by atoms with Gasteiger partial charge in [-0.3, -0.25) is 0 Å². The Morgan fingerprint density at radius 1 is 1.14 bits per heavy atom. The number of benzene rings is 1. The first-order valence-electron chi connectivity index (χ1n) is 5.26. The zero-order valence-electron chi connectivity index (χ0n) is 8.29. The van der Waals surface area contributed by atoms with Crippen molar-refractivity contribution in [2.45, 2.75) is 32.1 Å². The average molecular weight is 192 g/mol. The van der Waals surface area contributed by atoms with E-state index in [9.17, 15) is 5.11 Å². The van der Waals surface area contributed by atoms with E-state index >= 15 is 0 Å². The third kappa shape index (κ3) is 1.62. The molecule has 1 aromatic carbocycles. The molecule has 0 aromatic heterocycles. The average Bonchev–Trinajstić information content (AvgIpc) is 2.23. The van der Waals surface area contributed by atoms with Crippen molar-refractivity contribution in [1.29, 1.82) is 0 Å². The smallest absolute Gasteiger partial charge is 0.119 e. The second kappa shape index (κ2) is 4.01. The number of hydrogen-bond acceptors (Lipinski definition) is 2. The van der Waals surface area contributed by atoms with Crippen molar-refractivity contribution in [3.8, 4) is 5.75 Å². The van der Waals surface area contributed by atoms with Gasteiger partial charge in [-0.25, -0.2) is 0 Å². The van der Waals surface area contributed by atoms with Gasteiger partial charge in [0.1, 0.15) is 5.75 Å². The zero-order valence-corrected chi connectivity index (χ0v) is 8.29. The predicted molar refractivity (Wildman–Crippen MR) is 55.5 cm³/mol. The fourth-order valence-electron chi connectivity index (χ4n) is 2.28. The third-order valence-corrected chi connectivity index (χ3v) is 2.99. The van der Waals surface area contributed by atoms with Gasteiger partial charge in [0, 0.05) is 6.61 Å². The number of aliphatic hydroxyl groups is 1. The van der Waals surface area contributed by atoms with Gasteiger partial charge in [0.15, 0.2) is 0 Å². The van der Waals surface area contributed by atoms with Crippen LogP contribution >= 0.6 is 0 Å². The molecule has 0 bridgehead atoms. The second-order valence-corrected chi connectivity index (χ2v) is 3.88. The Bertz CT molecular complexity index is 331. The Morgan fingerprint density at radius 2 is 1.93 bits per heavy atom. The normalized spacial score (nSPS) is 15.2. The number of phenolic OH excluding ortho intramolecular Hbond substituents is 1. The quantitative estimate of drug-likeness (QED) is 0.750. The second-order valence-electron chi connectivity index (χ2n) is 3.88. The lowest BCUT2D eigenvalue weighted by atomic mass is 9.87. The van der Waals surface area contributed by atoms with Crippen molar-refractivity contribution in [3.63, 3.8) is 0 Å². The van der Waals surface area contributed by atoms with Gasteiger partial charge in [-0.05, 0) is 54.9 Å². The van der Waals surface area contributed by atoms with Crippen molar-refractivity contribution in [2.75, 3.05) is 6.61 Å². The van der Waals surface area contributed by atoms with Crippen molar-refractivity contribution in [2.24, 2.45) is 0 Å². The molecule has 0 atom stereocenters. The van der Waals surface area contributed by atoms with Crippen LogP contribution in [0.25, 0.3) is 0 Å². The van der Waals surface area contributed by atoms with E-state index in [1.165, 1.54) is 24.0 Å². The van der Waals surface area contributed by atoms with Gasteiger partial charge in [-0.2, -0.15) is 0 Å². The van der Waals surface area contributed by atoms with E-state index < -0.39 is 0 Å². The molecule has 2 rings (SSSR count). The van der Waals surface area contributed by atoms with E-state index in [0.29, 0.717) is 12.2 Å². The summed E-state index contributed by atoms with van der Waals surface area (Å²) in [7, 11) is 0. The van der Waals surface area contributed by atoms with Crippen LogP contribution in [0, 0.1) is 0 Å². The Labute approximate surface area is 84.2 Å². The number of aryl methyl sites for hydroxylation is 1. The molecule has 1 aromatic rings. The maximum absolute atomic E-state index is 9.69. The number of hydrogen-bond donors (Lipinski definition) is 2. The number of rotatable bonds is 2. The molecule has 2 heteroatoms. The van der Waals surface area contributed by atoms with Crippen LogP contribution in [-0.2, 0) is 19.3 Å². The number of phenols is 1. The summed E-state index contributed by atoms with van der Waals surface area (Å²) in [6.45, 7) is 0.115. The predicted octanol–water partition coefficient (Wildman–Crippen LogP) is 1.81. The molecule has 0 unspecified atom stereocenters. The van der Waals surface area contributed by atoms with Crippen molar-refractivity contribution in [3.05, 3.63) is 28.8 Å². The summed E-state index contributed by atoms with van der Waals surface area (Å²) in [6.07, 6.45) is 5.20. The van der Waals surface area contributed by atoms with E-state index in [4.69, 9.17) is 5.11 Å². The highest BCUT2D eigenvalue weighted by atomic mass is 16.3. The van der Waals surface area contributed by atoms with Crippen LogP contribution in [0.2, 0.25) is 0 Å². The van der Waals surface area contributed by atoms with Crippen LogP contribution in [0.3, 0.4) is 0 Å². The Balaban J connectivity index is 2.43. The number of aromatic hydroxyl groups is 1. The molecule has 0 spiro atoms. The lowest BCUT2D eigenvalue weighted by Gasteiger charge is -2.19. The summed E-state index contributed by atoms with van der Waals surface area (Å²) in [5.74, 6) is 0.347. The zero-order chi connectivity index (χ0) is 9.97. The van der Waals surface area contributed by atoms with Gasteiger partial charge >= 0.3 is 0 Å². The molecule has 0 amide bonds. The maximum atomic E-state index is 9.69. The summed E-state index contributed by atoms with van der Waals surface area (Å²) >= 11 is 0. The summed E-state index contributed by atoms with van der Waals surface area (Å²) in [4.78, 5) is 0. The largest absolute Gasteiger partial charge is 0.508 e. The minimum Gasteiger partial charge on any atom is -0.508 e. The molecule has 0 saturated heterocycles. The monoisotopic (exact) mass is 192 g/mol. The van der Waals surface area contributed by atoms with Gasteiger partial charge in [-0.15, -0.1) is 0 Å². The number of aliphatic hydroxyl groups excluding tert-OH is 1. The van der Waals surface area contributed by atoms with Gasteiger partial charge < -0.3 is 10.2 Å². The molecule has 1 aliphatic rings. The van der Waals surface area contributed by atoms with E-state index in [1.54, 1.807) is 6.07 Å². The molecule has 76 valence electrons. The van der Waals surface area contributed by atoms with Gasteiger partial charge in [0.2, 0.25) is 0 Å². The highest BCUT2D eigenvalue weighted by Gasteiger charge is 2.15. The lowest BCUT2D eigenvalue weighted by Crippen LogP contribution is -2.07. The van der Waals surface area contributed by atoms with Gasteiger partial charge in [0.05, 0.1) is 0 Å². The molecule has 2 N–H and O–H groups in total. The Kier molecular flexibility index (Phi) is 2.73. The first-order valence-corrected chi connectivity index (χ1v) is 5.26. The van der Waals surface area contributed by atoms with Crippen molar-refractivity contribution in [1.82, 2.24) is 0 Å². The maximum Gasteiger partial charge on any atom is 0.119 e. The summed E-state index contributed by atoms with van der Waals surface area (Å²) in [6, 6.07) is 3.78. The molecule has 14 heavy (non-hydrogen) atoms. The fourth-order valence-corrected chi connectivity index (χ4v) is 2.28. The van der Waals surface area contributed by atoms with E-state index in [0.717, 1.165) is 18.4 Å². The van der Waals surface area contributed by atoms with Gasteiger partial charge in [-0.1, -0.05) is 6.07 Å². The summed E-state index contributed by atoms with van der Waals surface area (Å²) in [5, 5.41) is 18.6. The molecule has 1 aliphatic carbocycles. The highest BCUT2D eigenvalue weighted by molar-refractivity contribution is 5.45. The first-order chi connectivity index (χ1) is 6.83. The van der Waals surface area contributed by atoms with E-state index in [1.807, 2.05) is 6.07 Å². The first kappa shape index (κ1) is 9.53. The van der Waals surface area contributed by atoms with Crippen molar-refractivity contribution < 1.29 is 10.2 Å². The van der Waals surface area contributed by atoms with Crippen LogP contribution in [0.4, 0.5) is 0 Å². The van der Waals surface area contributed by atoms with E-state index in [-0.39, 0.29) is 6.61 Å². The lowest BCUT2D eigenvalue weighted by molar-refractivity contribution is 0.296. The molecular formula is C12H16O2. The van der Waals surface area contributed by atoms with Crippen LogP contribution in [-0.4, -0.2) is 16.8 Å². The molecule has 0 aliphatic heterocycles. The molecular weight excluding hydrogens is 176 g/mol. The minimum atomic E-state index is 0.115. The fraction of sp³-hybridized carbons (Fsp3) is 0.500. The third-order valence-electron chi connectivity index (χ3n) is 2.99. The standard InChI is InChI=1S/C12H16O2/c13-8-7-11-10-4-2-1-3-9(10)5-6-12(11)14/h5-6,13-14H,1-4,7-8H2. The molecule has 0 radical (unpaired) electrons.